The Labute approximate surface area is 70.5 Å². The maximum atomic E-state index is 3.53. The minimum atomic E-state index is 1.04. The Hall–Kier alpha value is -0.240. The number of nitrogens with zero attached hydrogens (tertiary/aromatic N) is 1. The molecular weight excluding hydrogens is 190 g/mol. The monoisotopic (exact) mass is 201 g/mol. The van der Waals surface area contributed by atoms with Gasteiger partial charge in [0, 0.05) is 13.1 Å². The van der Waals surface area contributed by atoms with E-state index >= 15 is 0 Å². The van der Waals surface area contributed by atoms with Crippen molar-refractivity contribution in [1.29, 1.82) is 0 Å². The summed E-state index contributed by atoms with van der Waals surface area (Å²) in [6.45, 7) is 6.38. The van der Waals surface area contributed by atoms with Gasteiger partial charge in [-0.25, -0.2) is 0 Å². The average molecular weight is 202 g/mol. The molecule has 1 rings (SSSR count). The normalized spacial score (nSPS) is 18.5. The van der Waals surface area contributed by atoms with Crippen LogP contribution in [0, 0.1) is 0 Å². The van der Waals surface area contributed by atoms with Crippen molar-refractivity contribution in [3.05, 3.63) is 22.3 Å². The molecule has 1 nitrogen and oxygen atoms in total. The zero-order valence-corrected chi connectivity index (χ0v) is 7.98. The smallest absolute Gasteiger partial charge is 0.0838 e. The summed E-state index contributed by atoms with van der Waals surface area (Å²) in [5.74, 6) is 0. The summed E-state index contributed by atoms with van der Waals surface area (Å²) in [6, 6.07) is 0. The van der Waals surface area contributed by atoms with Gasteiger partial charge in [-0.1, -0.05) is 12.2 Å². The highest BCUT2D eigenvalue weighted by Gasteiger charge is 2.07. The van der Waals surface area contributed by atoms with Gasteiger partial charge in [0.15, 0.2) is 0 Å². The van der Waals surface area contributed by atoms with Crippen LogP contribution in [-0.2, 0) is 0 Å². The first-order valence-electron chi connectivity index (χ1n) is 3.53. The average Bonchev–Trinajstić information content (AvgIpc) is 1.95. The minimum Gasteiger partial charge on any atom is -0.362 e. The first kappa shape index (κ1) is 7.86. The Morgan fingerprint density at radius 3 is 2.90 bits per heavy atom. The molecule has 2 heteroatoms. The minimum absolute atomic E-state index is 1.04. The fourth-order valence-corrected chi connectivity index (χ4v) is 1.55. The molecule has 0 aromatic heterocycles. The summed E-state index contributed by atoms with van der Waals surface area (Å²) in [7, 11) is 0. The summed E-state index contributed by atoms with van der Waals surface area (Å²) in [6.07, 6.45) is 4.33. The molecule has 1 aliphatic rings. The van der Waals surface area contributed by atoms with E-state index in [0.717, 1.165) is 13.1 Å². The molecule has 1 heterocycles. The lowest BCUT2D eigenvalue weighted by atomic mass is 10.2. The van der Waals surface area contributed by atoms with Gasteiger partial charge in [0.05, 0.1) is 4.61 Å². The lowest BCUT2D eigenvalue weighted by Crippen LogP contribution is -2.22. The Morgan fingerprint density at radius 1 is 1.70 bits per heavy atom. The van der Waals surface area contributed by atoms with Crippen molar-refractivity contribution >= 4 is 15.9 Å². The molecule has 0 unspecified atom stereocenters. The molecule has 0 N–H and O–H groups in total. The molecule has 0 atom stereocenters. The second kappa shape index (κ2) is 3.24. The molecule has 0 amide bonds. The van der Waals surface area contributed by atoms with Crippen LogP contribution in [-0.4, -0.2) is 18.0 Å². The van der Waals surface area contributed by atoms with Crippen LogP contribution in [0.2, 0.25) is 0 Å². The SMILES string of the molecule is CCN1CC=CC(C)=C1Br. The van der Waals surface area contributed by atoms with E-state index in [9.17, 15) is 0 Å². The first-order chi connectivity index (χ1) is 4.75. The topological polar surface area (TPSA) is 3.24 Å². The molecule has 0 radical (unpaired) electrons. The van der Waals surface area contributed by atoms with Crippen molar-refractivity contribution in [2.24, 2.45) is 0 Å². The van der Waals surface area contributed by atoms with Gasteiger partial charge in [-0.3, -0.25) is 0 Å². The highest BCUT2D eigenvalue weighted by molar-refractivity contribution is 9.11. The molecule has 0 saturated carbocycles. The molecule has 0 aromatic rings. The zero-order valence-electron chi connectivity index (χ0n) is 6.39. The predicted octanol–water partition coefficient (Wildman–Crippen LogP) is 2.50. The number of likely N-dealkylation sites (N-methyl/N-ethyl adjacent to an activating group) is 1. The van der Waals surface area contributed by atoms with Gasteiger partial charge in [-0.2, -0.15) is 0 Å². The third-order valence-corrected chi connectivity index (χ3v) is 2.81. The molecule has 0 saturated heterocycles. The van der Waals surface area contributed by atoms with Crippen LogP contribution in [0.25, 0.3) is 0 Å². The van der Waals surface area contributed by atoms with E-state index in [1.807, 2.05) is 0 Å². The molecule has 10 heavy (non-hydrogen) atoms. The fourth-order valence-electron chi connectivity index (χ4n) is 1.02. The van der Waals surface area contributed by atoms with Crippen LogP contribution >= 0.6 is 15.9 Å². The molecule has 0 fully saturated rings. The third kappa shape index (κ3) is 1.43. The Kier molecular flexibility index (Phi) is 2.55. The molecule has 56 valence electrons. The van der Waals surface area contributed by atoms with Gasteiger partial charge in [-0.05, 0) is 35.4 Å². The second-order valence-corrected chi connectivity index (χ2v) is 3.17. The zero-order chi connectivity index (χ0) is 7.56. The Bertz CT molecular complexity index is 182. The van der Waals surface area contributed by atoms with E-state index in [1.165, 1.54) is 10.2 Å². The van der Waals surface area contributed by atoms with E-state index in [1.54, 1.807) is 0 Å². The molecular formula is C8H12BrN. The highest BCUT2D eigenvalue weighted by atomic mass is 79.9. The summed E-state index contributed by atoms with van der Waals surface area (Å²) < 4.78 is 1.23. The van der Waals surface area contributed by atoms with Gasteiger partial charge < -0.3 is 4.90 Å². The molecule has 0 aliphatic carbocycles. The number of halogens is 1. The maximum absolute atomic E-state index is 3.53. The van der Waals surface area contributed by atoms with Crippen LogP contribution in [0.3, 0.4) is 0 Å². The lowest BCUT2D eigenvalue weighted by molar-refractivity contribution is 0.424. The summed E-state index contributed by atoms with van der Waals surface area (Å²) >= 11 is 3.53. The number of hydrogen-bond donors (Lipinski definition) is 0. The van der Waals surface area contributed by atoms with E-state index in [-0.39, 0.29) is 0 Å². The Balaban J connectivity index is 2.77. The summed E-state index contributed by atoms with van der Waals surface area (Å²) in [4.78, 5) is 2.29. The van der Waals surface area contributed by atoms with Crippen LogP contribution < -0.4 is 0 Å². The van der Waals surface area contributed by atoms with Crippen molar-refractivity contribution in [1.82, 2.24) is 4.90 Å². The molecule has 0 spiro atoms. The summed E-state index contributed by atoms with van der Waals surface area (Å²) in [5.41, 5.74) is 1.31. The maximum Gasteiger partial charge on any atom is 0.0838 e. The highest BCUT2D eigenvalue weighted by Crippen LogP contribution is 2.21. The number of allylic oxidation sites excluding steroid dienone is 2. The quantitative estimate of drug-likeness (QED) is 0.590. The van der Waals surface area contributed by atoms with Crippen molar-refractivity contribution in [3.8, 4) is 0 Å². The lowest BCUT2D eigenvalue weighted by Gasteiger charge is -2.24. The van der Waals surface area contributed by atoms with E-state index in [0.29, 0.717) is 0 Å². The molecule has 1 aliphatic heterocycles. The van der Waals surface area contributed by atoms with Crippen LogP contribution in [0.5, 0.6) is 0 Å². The van der Waals surface area contributed by atoms with E-state index < -0.39 is 0 Å². The second-order valence-electron chi connectivity index (χ2n) is 2.41. The first-order valence-corrected chi connectivity index (χ1v) is 4.33. The van der Waals surface area contributed by atoms with Crippen molar-refractivity contribution in [2.45, 2.75) is 13.8 Å². The number of rotatable bonds is 1. The van der Waals surface area contributed by atoms with E-state index in [2.05, 4.69) is 46.8 Å². The Morgan fingerprint density at radius 2 is 2.40 bits per heavy atom. The molecule has 0 bridgehead atoms. The van der Waals surface area contributed by atoms with Crippen molar-refractivity contribution < 1.29 is 0 Å². The van der Waals surface area contributed by atoms with Gasteiger partial charge in [0.25, 0.3) is 0 Å². The van der Waals surface area contributed by atoms with Crippen molar-refractivity contribution in [2.75, 3.05) is 13.1 Å². The van der Waals surface area contributed by atoms with Crippen LogP contribution in [0.4, 0.5) is 0 Å². The van der Waals surface area contributed by atoms with Crippen molar-refractivity contribution in [3.63, 3.8) is 0 Å². The largest absolute Gasteiger partial charge is 0.362 e. The summed E-state index contributed by atoms with van der Waals surface area (Å²) in [5, 5.41) is 0. The van der Waals surface area contributed by atoms with Gasteiger partial charge >= 0.3 is 0 Å². The van der Waals surface area contributed by atoms with Gasteiger partial charge in [0.2, 0.25) is 0 Å². The van der Waals surface area contributed by atoms with E-state index in [4.69, 9.17) is 0 Å². The van der Waals surface area contributed by atoms with Crippen LogP contribution in [0.15, 0.2) is 22.3 Å². The van der Waals surface area contributed by atoms with Gasteiger partial charge in [0.1, 0.15) is 0 Å². The predicted molar refractivity (Wildman–Crippen MR) is 48.0 cm³/mol. The fraction of sp³-hybridized carbons (Fsp3) is 0.500. The third-order valence-electron chi connectivity index (χ3n) is 1.68. The van der Waals surface area contributed by atoms with Gasteiger partial charge in [-0.15, -0.1) is 0 Å². The standard InChI is InChI=1S/C8H12BrN/c1-3-10-6-4-5-7(2)8(10)9/h4-5H,3,6H2,1-2H3. The van der Waals surface area contributed by atoms with Crippen LogP contribution in [0.1, 0.15) is 13.8 Å². The molecule has 0 aromatic carbocycles. The number of hydrogen-bond acceptors (Lipinski definition) is 1.